The van der Waals surface area contributed by atoms with Gasteiger partial charge in [0.05, 0.1) is 16.1 Å². The van der Waals surface area contributed by atoms with Crippen molar-refractivity contribution in [2.24, 2.45) is 0 Å². The van der Waals surface area contributed by atoms with Gasteiger partial charge in [-0.1, -0.05) is 89.5 Å². The van der Waals surface area contributed by atoms with Crippen molar-refractivity contribution in [3.05, 3.63) is 78.4 Å². The van der Waals surface area contributed by atoms with Crippen molar-refractivity contribution in [3.63, 3.8) is 0 Å². The fraction of sp³-hybridized carbons (Fsp3) is 0.400. The first kappa shape index (κ1) is 24.6. The van der Waals surface area contributed by atoms with E-state index in [-0.39, 0.29) is 12.4 Å². The number of halogens is 1. The van der Waals surface area contributed by atoms with E-state index in [0.29, 0.717) is 11.1 Å². The predicted molar refractivity (Wildman–Crippen MR) is 131 cm³/mol. The minimum absolute atomic E-state index is 0. The van der Waals surface area contributed by atoms with Gasteiger partial charge in [0.2, 0.25) is 0 Å². The minimum Gasteiger partial charge on any atom is -1.00 e. The van der Waals surface area contributed by atoms with Crippen LogP contribution in [0, 0.1) is 0 Å². The van der Waals surface area contributed by atoms with Crippen LogP contribution in [-0.4, -0.2) is 20.7 Å². The molecule has 2 aromatic carbocycles. The average molecular weight is 457 g/mol. The Morgan fingerprint density at radius 2 is 1.23 bits per heavy atom. The Hall–Kier alpha value is -1.63. The molecule has 0 aliphatic heterocycles. The first-order valence-corrected chi connectivity index (χ1v) is 17.9. The summed E-state index contributed by atoms with van der Waals surface area (Å²) in [6.07, 6.45) is 6.64. The monoisotopic (exact) mass is 456 g/mol. The Bertz CT molecular complexity index is 905. The molecule has 0 aliphatic rings. The predicted octanol–water partition coefficient (Wildman–Crippen LogP) is 3.72. The molecule has 0 radical (unpaired) electrons. The van der Waals surface area contributed by atoms with Crippen LogP contribution in [0.2, 0.25) is 39.3 Å². The topological polar surface area (TPSA) is 8.81 Å². The quantitative estimate of drug-likeness (QED) is 0.394. The maximum absolute atomic E-state index is 2.46. The minimum atomic E-state index is -1.28. The van der Waals surface area contributed by atoms with E-state index in [1.54, 1.807) is 0 Å². The summed E-state index contributed by atoms with van der Waals surface area (Å²) in [6, 6.07) is 17.8. The Kier molecular flexibility index (Phi) is 7.60. The highest BCUT2D eigenvalue weighted by Crippen LogP contribution is 2.31. The van der Waals surface area contributed by atoms with Gasteiger partial charge in [-0.2, -0.15) is 0 Å². The van der Waals surface area contributed by atoms with E-state index in [9.17, 15) is 0 Å². The SMILES string of the molecule is C[C@H](c1ccccc1-n1cc[n+](-c2ccccc2[C@@H](C)[Si](C)(C)C)c1)[Si](C)(C)C.[Cl-]. The smallest absolute Gasteiger partial charge is 0.254 e. The third kappa shape index (κ3) is 5.16. The van der Waals surface area contributed by atoms with Crippen LogP contribution in [0.15, 0.2) is 67.3 Å². The lowest BCUT2D eigenvalue weighted by molar-refractivity contribution is -0.595. The maximum Gasteiger partial charge on any atom is 0.254 e. The van der Waals surface area contributed by atoms with Crippen LogP contribution in [-0.2, 0) is 0 Å². The largest absolute Gasteiger partial charge is 1.00 e. The zero-order chi connectivity index (χ0) is 21.4. The van der Waals surface area contributed by atoms with Gasteiger partial charge in [-0.15, -0.1) is 0 Å². The van der Waals surface area contributed by atoms with Crippen LogP contribution in [0.1, 0.15) is 36.1 Å². The molecule has 5 heteroatoms. The summed E-state index contributed by atoms with van der Waals surface area (Å²) in [5, 5.41) is 0. The van der Waals surface area contributed by atoms with Crippen LogP contribution < -0.4 is 17.0 Å². The van der Waals surface area contributed by atoms with Gasteiger partial charge in [-0.05, 0) is 34.3 Å². The zero-order valence-electron chi connectivity index (χ0n) is 19.8. The molecule has 0 saturated heterocycles. The van der Waals surface area contributed by atoms with Crippen molar-refractivity contribution in [2.75, 3.05) is 0 Å². The van der Waals surface area contributed by atoms with Crippen molar-refractivity contribution in [1.82, 2.24) is 4.57 Å². The molecule has 0 unspecified atom stereocenters. The molecule has 0 aliphatic carbocycles. The lowest BCUT2D eigenvalue weighted by atomic mass is 10.1. The summed E-state index contributed by atoms with van der Waals surface area (Å²) in [5.41, 5.74) is 6.73. The third-order valence-electron chi connectivity index (χ3n) is 6.60. The van der Waals surface area contributed by atoms with E-state index in [4.69, 9.17) is 0 Å². The second kappa shape index (κ2) is 9.25. The van der Waals surface area contributed by atoms with E-state index >= 15 is 0 Å². The molecule has 2 atom stereocenters. The molecule has 1 aromatic heterocycles. The molecular weight excluding hydrogens is 420 g/mol. The maximum atomic E-state index is 2.46. The summed E-state index contributed by atoms with van der Waals surface area (Å²) in [4.78, 5) is 0. The summed E-state index contributed by atoms with van der Waals surface area (Å²) >= 11 is 0. The Morgan fingerprint density at radius 1 is 0.733 bits per heavy atom. The van der Waals surface area contributed by atoms with Crippen LogP contribution in [0.5, 0.6) is 0 Å². The number of benzene rings is 2. The Morgan fingerprint density at radius 3 is 1.83 bits per heavy atom. The van der Waals surface area contributed by atoms with Crippen molar-refractivity contribution < 1.29 is 17.0 Å². The first-order chi connectivity index (χ1) is 13.5. The second-order valence-corrected chi connectivity index (χ2v) is 21.7. The second-order valence-electron chi connectivity index (χ2n) is 10.5. The van der Waals surface area contributed by atoms with Crippen molar-refractivity contribution in [1.29, 1.82) is 0 Å². The van der Waals surface area contributed by atoms with E-state index < -0.39 is 16.1 Å². The highest BCUT2D eigenvalue weighted by Gasteiger charge is 2.29. The summed E-state index contributed by atoms with van der Waals surface area (Å²) in [7, 11) is -2.57. The van der Waals surface area contributed by atoms with Crippen molar-refractivity contribution in [3.8, 4) is 11.4 Å². The molecular formula is C25H37ClN2Si2. The van der Waals surface area contributed by atoms with Gasteiger partial charge < -0.3 is 12.4 Å². The van der Waals surface area contributed by atoms with Crippen molar-refractivity contribution in [2.45, 2.75) is 64.2 Å². The van der Waals surface area contributed by atoms with Gasteiger partial charge in [-0.3, -0.25) is 0 Å². The number of para-hydroxylation sites is 2. The van der Waals surface area contributed by atoms with Gasteiger partial charge in [0.15, 0.2) is 0 Å². The van der Waals surface area contributed by atoms with E-state index in [2.05, 4.69) is 130 Å². The van der Waals surface area contributed by atoms with Gasteiger partial charge >= 0.3 is 0 Å². The molecule has 0 N–H and O–H groups in total. The molecule has 0 amide bonds. The lowest BCUT2D eigenvalue weighted by Gasteiger charge is -2.26. The Balaban J connectivity index is 0.00000320. The molecule has 0 saturated carbocycles. The Labute approximate surface area is 191 Å². The number of aromatic nitrogens is 2. The average Bonchev–Trinajstić information content (AvgIpc) is 3.15. The van der Waals surface area contributed by atoms with Gasteiger partial charge in [0.25, 0.3) is 6.33 Å². The molecule has 3 rings (SSSR count). The molecule has 2 nitrogen and oxygen atoms in total. The number of hydrogen-bond donors (Lipinski definition) is 0. The summed E-state index contributed by atoms with van der Waals surface area (Å²) < 4.78 is 4.59. The molecule has 0 spiro atoms. The molecule has 1 heterocycles. The molecule has 30 heavy (non-hydrogen) atoms. The lowest BCUT2D eigenvalue weighted by Crippen LogP contribution is -3.00. The van der Waals surface area contributed by atoms with E-state index in [1.165, 1.54) is 22.5 Å². The van der Waals surface area contributed by atoms with Crippen LogP contribution in [0.4, 0.5) is 0 Å². The summed E-state index contributed by atoms with van der Waals surface area (Å²) in [6.45, 7) is 19.5. The van der Waals surface area contributed by atoms with Crippen molar-refractivity contribution >= 4 is 16.1 Å². The molecule has 3 aromatic rings. The molecule has 0 fully saturated rings. The number of rotatable bonds is 6. The number of imidazole rings is 1. The fourth-order valence-corrected chi connectivity index (χ4v) is 6.10. The van der Waals surface area contributed by atoms with E-state index in [1.807, 2.05) is 0 Å². The normalized spacial score (nSPS) is 14.1. The first-order valence-electron chi connectivity index (χ1n) is 10.8. The molecule has 162 valence electrons. The van der Waals surface area contributed by atoms with Gasteiger partial charge in [0.1, 0.15) is 23.8 Å². The number of nitrogens with zero attached hydrogens (tertiary/aromatic N) is 2. The van der Waals surface area contributed by atoms with Gasteiger partial charge in [-0.25, -0.2) is 9.13 Å². The summed E-state index contributed by atoms with van der Waals surface area (Å²) in [5.74, 6) is 0. The fourth-order valence-electron chi connectivity index (χ4n) is 3.75. The highest BCUT2D eigenvalue weighted by molar-refractivity contribution is 6.77. The van der Waals surface area contributed by atoms with Gasteiger partial charge in [0, 0.05) is 0 Å². The standard InChI is InChI=1S/C25H37N2Si2.ClH/c1-20(28(3,4)5)22-13-9-11-15-24(22)26-17-18-27(19-26)25-16-12-10-14-23(25)21(2)29(6,7)8;/h9-21H,1-8H3;1H/q+1;/p-1/t20-,21-;/m1./s1. The van der Waals surface area contributed by atoms with Crippen LogP contribution >= 0.6 is 0 Å². The van der Waals surface area contributed by atoms with Crippen LogP contribution in [0.25, 0.3) is 11.4 Å². The van der Waals surface area contributed by atoms with E-state index in [0.717, 1.165) is 0 Å². The third-order valence-corrected chi connectivity index (χ3v) is 12.4. The highest BCUT2D eigenvalue weighted by atomic mass is 35.5. The van der Waals surface area contributed by atoms with Crippen LogP contribution in [0.3, 0.4) is 0 Å². The molecule has 0 bridgehead atoms. The zero-order valence-corrected chi connectivity index (χ0v) is 22.5. The number of hydrogen-bond acceptors (Lipinski definition) is 0.